The van der Waals surface area contributed by atoms with Gasteiger partial charge in [-0.1, -0.05) is 30.3 Å². The van der Waals surface area contributed by atoms with E-state index in [1.807, 2.05) is 68.4 Å². The predicted octanol–water partition coefficient (Wildman–Crippen LogP) is 4.31. The Labute approximate surface area is 161 Å². The number of anilines is 1. The number of benzene rings is 2. The van der Waals surface area contributed by atoms with Crippen LogP contribution >= 0.6 is 22.6 Å². The van der Waals surface area contributed by atoms with Crippen LogP contribution < -0.4 is 10.6 Å². The highest BCUT2D eigenvalue weighted by Crippen LogP contribution is 2.32. The average Bonchev–Trinajstić information content (AvgIpc) is 2.59. The highest BCUT2D eigenvalue weighted by atomic mass is 127. The Morgan fingerprint density at radius 3 is 2.48 bits per heavy atom. The lowest BCUT2D eigenvalue weighted by Crippen LogP contribution is -2.52. The predicted molar refractivity (Wildman–Crippen MR) is 105 cm³/mol. The molecule has 0 unspecified atom stereocenters. The van der Waals surface area contributed by atoms with Crippen LogP contribution in [0, 0.1) is 3.57 Å². The van der Waals surface area contributed by atoms with Crippen LogP contribution in [0.4, 0.5) is 10.5 Å². The number of carbonyl (C=O) groups is 1. The van der Waals surface area contributed by atoms with Gasteiger partial charge in [-0.15, -0.1) is 0 Å². The molecule has 0 aliphatic carbocycles. The van der Waals surface area contributed by atoms with Crippen molar-refractivity contribution in [3.63, 3.8) is 0 Å². The summed E-state index contributed by atoms with van der Waals surface area (Å²) >= 11 is 2.23. The SMILES string of the molecule is CC1(C)OC[C@H](NC(=O)Nc2ccc(I)cc2)[C@@H](c2ccccc2)O1. The van der Waals surface area contributed by atoms with Crippen molar-refractivity contribution in [3.8, 4) is 0 Å². The molecule has 2 aromatic carbocycles. The molecule has 2 amide bonds. The van der Waals surface area contributed by atoms with Crippen molar-refractivity contribution in [2.24, 2.45) is 0 Å². The summed E-state index contributed by atoms with van der Waals surface area (Å²) in [4.78, 5) is 12.4. The van der Waals surface area contributed by atoms with Gasteiger partial charge in [-0.3, -0.25) is 0 Å². The van der Waals surface area contributed by atoms with E-state index >= 15 is 0 Å². The van der Waals surface area contributed by atoms with Gasteiger partial charge in [0.25, 0.3) is 0 Å². The van der Waals surface area contributed by atoms with E-state index in [2.05, 4.69) is 33.2 Å². The molecule has 2 atom stereocenters. The highest BCUT2D eigenvalue weighted by molar-refractivity contribution is 14.1. The Morgan fingerprint density at radius 1 is 1.12 bits per heavy atom. The number of nitrogens with one attached hydrogen (secondary N) is 2. The maximum absolute atomic E-state index is 12.4. The number of urea groups is 1. The zero-order chi connectivity index (χ0) is 17.9. The van der Waals surface area contributed by atoms with Gasteiger partial charge in [0.05, 0.1) is 12.6 Å². The molecule has 1 aliphatic heterocycles. The third kappa shape index (κ3) is 4.93. The second-order valence-electron chi connectivity index (χ2n) is 6.37. The Morgan fingerprint density at radius 2 is 1.80 bits per heavy atom. The van der Waals surface area contributed by atoms with Crippen molar-refractivity contribution in [1.82, 2.24) is 5.32 Å². The lowest BCUT2D eigenvalue weighted by Gasteiger charge is -2.41. The maximum atomic E-state index is 12.4. The Bertz CT molecular complexity index is 719. The summed E-state index contributed by atoms with van der Waals surface area (Å²) in [5, 5.41) is 5.81. The van der Waals surface area contributed by atoms with Crippen LogP contribution in [-0.4, -0.2) is 24.5 Å². The lowest BCUT2D eigenvalue weighted by molar-refractivity contribution is -0.284. The van der Waals surface area contributed by atoms with E-state index in [-0.39, 0.29) is 18.2 Å². The van der Waals surface area contributed by atoms with Crippen LogP contribution in [0.3, 0.4) is 0 Å². The lowest BCUT2D eigenvalue weighted by atomic mass is 10.0. The fraction of sp³-hybridized carbons (Fsp3) is 0.316. The summed E-state index contributed by atoms with van der Waals surface area (Å²) in [6.07, 6.45) is -0.271. The van der Waals surface area contributed by atoms with Gasteiger partial charge in [0.2, 0.25) is 0 Å². The molecular formula is C19H21IN2O3. The number of carbonyl (C=O) groups excluding carboxylic acids is 1. The van der Waals surface area contributed by atoms with Gasteiger partial charge in [0, 0.05) is 9.26 Å². The Kier molecular flexibility index (Phi) is 5.61. The van der Waals surface area contributed by atoms with Gasteiger partial charge < -0.3 is 20.1 Å². The Hall–Kier alpha value is -1.64. The summed E-state index contributed by atoms with van der Waals surface area (Å²) in [7, 11) is 0. The molecular weight excluding hydrogens is 431 g/mol. The first kappa shape index (κ1) is 18.2. The summed E-state index contributed by atoms with van der Waals surface area (Å²) in [5.41, 5.74) is 1.76. The minimum Gasteiger partial charge on any atom is -0.348 e. The molecule has 1 heterocycles. The molecule has 0 radical (unpaired) electrons. The first-order chi connectivity index (χ1) is 11.9. The smallest absolute Gasteiger partial charge is 0.319 e. The molecule has 1 saturated heterocycles. The van der Waals surface area contributed by atoms with Crippen LogP contribution in [0.15, 0.2) is 54.6 Å². The van der Waals surface area contributed by atoms with Gasteiger partial charge in [-0.05, 0) is 66.3 Å². The molecule has 5 nitrogen and oxygen atoms in total. The first-order valence-corrected chi connectivity index (χ1v) is 9.21. The average molecular weight is 452 g/mol. The van der Waals surface area contributed by atoms with E-state index in [9.17, 15) is 4.79 Å². The van der Waals surface area contributed by atoms with Crippen molar-refractivity contribution in [2.75, 3.05) is 11.9 Å². The van der Waals surface area contributed by atoms with Crippen LogP contribution in [-0.2, 0) is 9.47 Å². The second kappa shape index (κ2) is 7.72. The van der Waals surface area contributed by atoms with E-state index in [1.165, 1.54) is 0 Å². The van der Waals surface area contributed by atoms with Crippen LogP contribution in [0.25, 0.3) is 0 Å². The van der Waals surface area contributed by atoms with E-state index in [0.717, 1.165) is 14.8 Å². The topological polar surface area (TPSA) is 59.6 Å². The quantitative estimate of drug-likeness (QED) is 0.683. The summed E-state index contributed by atoms with van der Waals surface area (Å²) in [6, 6.07) is 16.9. The van der Waals surface area contributed by atoms with Crippen LogP contribution in [0.1, 0.15) is 25.5 Å². The number of ether oxygens (including phenoxy) is 2. The summed E-state index contributed by atoms with van der Waals surface area (Å²) < 4.78 is 12.9. The number of amides is 2. The minimum atomic E-state index is -0.689. The molecule has 0 bridgehead atoms. The van der Waals surface area contributed by atoms with Crippen molar-refractivity contribution in [1.29, 1.82) is 0 Å². The molecule has 2 aromatic rings. The van der Waals surface area contributed by atoms with Gasteiger partial charge in [0.15, 0.2) is 5.79 Å². The minimum absolute atomic E-state index is 0.271. The third-order valence-electron chi connectivity index (χ3n) is 3.93. The molecule has 0 aromatic heterocycles. The Balaban J connectivity index is 1.70. The normalized spacial score (nSPS) is 22.2. The van der Waals surface area contributed by atoms with E-state index in [4.69, 9.17) is 9.47 Å². The fourth-order valence-corrected chi connectivity index (χ4v) is 3.09. The molecule has 3 rings (SSSR count). The zero-order valence-corrected chi connectivity index (χ0v) is 16.3. The molecule has 2 N–H and O–H groups in total. The van der Waals surface area contributed by atoms with Crippen molar-refractivity contribution in [3.05, 3.63) is 63.7 Å². The number of hydrogen-bond donors (Lipinski definition) is 2. The second-order valence-corrected chi connectivity index (χ2v) is 7.62. The van der Waals surface area contributed by atoms with E-state index in [0.29, 0.717) is 6.61 Å². The van der Waals surface area contributed by atoms with Crippen molar-refractivity contribution < 1.29 is 14.3 Å². The molecule has 1 aliphatic rings. The fourth-order valence-electron chi connectivity index (χ4n) is 2.73. The maximum Gasteiger partial charge on any atom is 0.319 e. The van der Waals surface area contributed by atoms with Gasteiger partial charge in [-0.25, -0.2) is 4.79 Å². The summed E-state index contributed by atoms with van der Waals surface area (Å²) in [6.45, 7) is 4.14. The highest BCUT2D eigenvalue weighted by Gasteiger charge is 2.38. The zero-order valence-electron chi connectivity index (χ0n) is 14.2. The number of hydrogen-bond acceptors (Lipinski definition) is 3. The molecule has 1 fully saturated rings. The molecule has 0 spiro atoms. The standard InChI is InChI=1S/C19H21IN2O3/c1-19(2)24-12-16(17(25-19)13-6-4-3-5-7-13)22-18(23)21-15-10-8-14(20)9-11-15/h3-11,16-17H,12H2,1-2H3,(H2,21,22,23)/t16-,17+/m0/s1. The number of rotatable bonds is 3. The molecule has 25 heavy (non-hydrogen) atoms. The molecule has 0 saturated carbocycles. The van der Waals surface area contributed by atoms with Crippen LogP contribution in [0.5, 0.6) is 0 Å². The van der Waals surface area contributed by atoms with Gasteiger partial charge in [-0.2, -0.15) is 0 Å². The first-order valence-electron chi connectivity index (χ1n) is 8.13. The largest absolute Gasteiger partial charge is 0.348 e. The van der Waals surface area contributed by atoms with Gasteiger partial charge >= 0.3 is 6.03 Å². The monoisotopic (exact) mass is 452 g/mol. The van der Waals surface area contributed by atoms with Gasteiger partial charge in [0.1, 0.15) is 6.10 Å². The van der Waals surface area contributed by atoms with E-state index < -0.39 is 5.79 Å². The van der Waals surface area contributed by atoms with Crippen molar-refractivity contribution >= 4 is 34.3 Å². The van der Waals surface area contributed by atoms with E-state index in [1.54, 1.807) is 0 Å². The van der Waals surface area contributed by atoms with Crippen molar-refractivity contribution in [2.45, 2.75) is 31.8 Å². The van der Waals surface area contributed by atoms with Crippen LogP contribution in [0.2, 0.25) is 0 Å². The number of halogens is 1. The summed E-state index contributed by atoms with van der Waals surface area (Å²) in [5.74, 6) is -0.689. The molecule has 132 valence electrons. The third-order valence-corrected chi connectivity index (χ3v) is 4.65. The molecule has 6 heteroatoms.